The van der Waals surface area contributed by atoms with Crippen molar-refractivity contribution in [1.29, 1.82) is 0 Å². The summed E-state index contributed by atoms with van der Waals surface area (Å²) in [5.41, 5.74) is -1.47. The van der Waals surface area contributed by atoms with Crippen LogP contribution in [0.25, 0.3) is 5.69 Å². The first-order valence-electron chi connectivity index (χ1n) is 9.18. The summed E-state index contributed by atoms with van der Waals surface area (Å²) in [6, 6.07) is 7.55. The van der Waals surface area contributed by atoms with E-state index in [9.17, 15) is 26.4 Å². The lowest BCUT2D eigenvalue weighted by Crippen LogP contribution is -2.31. The zero-order chi connectivity index (χ0) is 23.6. The molecule has 2 aromatic carbocycles. The summed E-state index contributed by atoms with van der Waals surface area (Å²) in [6.45, 7) is 1.50. The SMILES string of the molecule is Cc1cc(C(=O)Nc2ccc(S(C)(=O)=O)c(Cl)c2)c2n1-c1ccc(F)cc1C(F)(F)C2F. The summed E-state index contributed by atoms with van der Waals surface area (Å²) >= 11 is 5.97. The first-order chi connectivity index (χ1) is 14.8. The van der Waals surface area contributed by atoms with Gasteiger partial charge in [0.15, 0.2) is 9.84 Å². The molecule has 1 unspecified atom stereocenters. The number of benzene rings is 2. The molecule has 3 aromatic rings. The molecule has 0 radical (unpaired) electrons. The van der Waals surface area contributed by atoms with Crippen LogP contribution in [0.1, 0.15) is 33.5 Å². The lowest BCUT2D eigenvalue weighted by molar-refractivity contribution is -0.0873. The predicted octanol–water partition coefficient (Wildman–Crippen LogP) is 5.35. The Morgan fingerprint density at radius 1 is 1.16 bits per heavy atom. The highest BCUT2D eigenvalue weighted by molar-refractivity contribution is 7.90. The molecule has 0 bridgehead atoms. The van der Waals surface area contributed by atoms with E-state index in [1.807, 2.05) is 0 Å². The van der Waals surface area contributed by atoms with Gasteiger partial charge < -0.3 is 9.88 Å². The quantitative estimate of drug-likeness (QED) is 0.507. The number of halogens is 5. The smallest absolute Gasteiger partial charge is 0.311 e. The maximum Gasteiger partial charge on any atom is 0.311 e. The van der Waals surface area contributed by atoms with Gasteiger partial charge in [-0.25, -0.2) is 17.2 Å². The van der Waals surface area contributed by atoms with Crippen LogP contribution in [-0.4, -0.2) is 25.1 Å². The number of nitrogens with one attached hydrogen (secondary N) is 1. The Kier molecular flexibility index (Phi) is 5.13. The molecule has 0 aliphatic carbocycles. The van der Waals surface area contributed by atoms with Gasteiger partial charge in [-0.05, 0) is 49.4 Å². The predicted molar refractivity (Wildman–Crippen MR) is 111 cm³/mol. The molecule has 4 rings (SSSR count). The summed E-state index contributed by atoms with van der Waals surface area (Å²) < 4.78 is 82.7. The molecule has 0 fully saturated rings. The Balaban J connectivity index is 1.78. The summed E-state index contributed by atoms with van der Waals surface area (Å²) in [5.74, 6) is -5.89. The number of rotatable bonds is 3. The minimum absolute atomic E-state index is 0.0884. The Hall–Kier alpha value is -2.85. The second kappa shape index (κ2) is 7.35. The first kappa shape index (κ1) is 22.3. The van der Waals surface area contributed by atoms with Gasteiger partial charge in [0, 0.05) is 17.6 Å². The van der Waals surface area contributed by atoms with E-state index in [1.54, 1.807) is 0 Å². The molecule has 0 saturated heterocycles. The van der Waals surface area contributed by atoms with Crippen molar-refractivity contribution in [1.82, 2.24) is 4.57 Å². The van der Waals surface area contributed by atoms with Gasteiger partial charge >= 0.3 is 5.92 Å². The number of sulfone groups is 1. The van der Waals surface area contributed by atoms with Gasteiger partial charge in [0.25, 0.3) is 5.91 Å². The lowest BCUT2D eigenvalue weighted by atomic mass is 9.94. The molecule has 1 N–H and O–H groups in total. The number of amides is 1. The van der Waals surface area contributed by atoms with E-state index in [0.29, 0.717) is 11.8 Å². The molecule has 11 heteroatoms. The van der Waals surface area contributed by atoms with Crippen LogP contribution in [0.15, 0.2) is 47.4 Å². The summed E-state index contributed by atoms with van der Waals surface area (Å²) in [7, 11) is -3.60. The number of carbonyl (C=O) groups excluding carboxylic acids is 1. The van der Waals surface area contributed by atoms with Crippen molar-refractivity contribution >= 4 is 33.0 Å². The average molecular weight is 487 g/mol. The Morgan fingerprint density at radius 3 is 2.47 bits per heavy atom. The van der Waals surface area contributed by atoms with Crippen LogP contribution >= 0.6 is 11.6 Å². The van der Waals surface area contributed by atoms with Crippen LogP contribution in [-0.2, 0) is 15.8 Å². The van der Waals surface area contributed by atoms with E-state index >= 15 is 4.39 Å². The molecular weight excluding hydrogens is 472 g/mol. The maximum absolute atomic E-state index is 15.0. The van der Waals surface area contributed by atoms with Crippen molar-refractivity contribution in [2.24, 2.45) is 0 Å². The topological polar surface area (TPSA) is 68.2 Å². The Labute approximate surface area is 185 Å². The van der Waals surface area contributed by atoms with E-state index in [2.05, 4.69) is 5.32 Å². The van der Waals surface area contributed by atoms with Crippen molar-refractivity contribution in [3.63, 3.8) is 0 Å². The molecule has 1 aliphatic rings. The third-order valence-electron chi connectivity index (χ3n) is 5.17. The molecule has 0 saturated carbocycles. The minimum atomic E-state index is -4.06. The fourth-order valence-electron chi connectivity index (χ4n) is 3.77. The summed E-state index contributed by atoms with van der Waals surface area (Å²) in [5, 5.41) is 2.27. The van der Waals surface area contributed by atoms with Crippen LogP contribution in [0, 0.1) is 12.7 Å². The largest absolute Gasteiger partial charge is 0.322 e. The number of aromatic nitrogens is 1. The fourth-order valence-corrected chi connectivity index (χ4v) is 5.09. The summed E-state index contributed by atoms with van der Waals surface area (Å²) in [4.78, 5) is 12.7. The second-order valence-electron chi connectivity index (χ2n) is 7.44. The highest BCUT2D eigenvalue weighted by Gasteiger charge is 2.51. The van der Waals surface area contributed by atoms with Gasteiger partial charge in [0.2, 0.25) is 6.17 Å². The number of alkyl halides is 3. The molecule has 5 nitrogen and oxygen atoms in total. The zero-order valence-electron chi connectivity index (χ0n) is 16.6. The molecule has 1 amide bonds. The van der Waals surface area contributed by atoms with Gasteiger partial charge in [0.05, 0.1) is 32.4 Å². The molecule has 2 heterocycles. The van der Waals surface area contributed by atoms with Crippen LogP contribution in [0.3, 0.4) is 0 Å². The van der Waals surface area contributed by atoms with Gasteiger partial charge in [0.1, 0.15) is 5.82 Å². The minimum Gasteiger partial charge on any atom is -0.322 e. The second-order valence-corrected chi connectivity index (χ2v) is 9.83. The molecule has 1 atom stereocenters. The molecule has 0 spiro atoms. The molecule has 1 aliphatic heterocycles. The average Bonchev–Trinajstić information content (AvgIpc) is 3.03. The van der Waals surface area contributed by atoms with Crippen molar-refractivity contribution < 1.29 is 30.8 Å². The monoisotopic (exact) mass is 486 g/mol. The Bertz CT molecular complexity index is 1390. The van der Waals surface area contributed by atoms with Crippen molar-refractivity contribution in [3.05, 3.63) is 75.8 Å². The van der Waals surface area contributed by atoms with Gasteiger partial charge in [-0.3, -0.25) is 4.79 Å². The standard InChI is InChI=1S/C21H15ClF4N2O3S/c1-10-7-13(20(29)27-12-4-6-17(15(22)9-12)32(2,30)31)18-19(24)21(25,26)14-8-11(23)3-5-16(14)28(10)18/h3-9,19H,1-2H3,(H,27,29). The van der Waals surface area contributed by atoms with Crippen molar-refractivity contribution in [3.8, 4) is 5.69 Å². The lowest BCUT2D eigenvalue weighted by Gasteiger charge is -2.31. The third kappa shape index (κ3) is 3.47. The maximum atomic E-state index is 15.0. The third-order valence-corrected chi connectivity index (χ3v) is 6.75. The van der Waals surface area contributed by atoms with Crippen LogP contribution < -0.4 is 5.32 Å². The molecule has 1 aromatic heterocycles. The highest BCUT2D eigenvalue weighted by Crippen LogP contribution is 2.51. The normalized spacial score (nSPS) is 16.9. The van der Waals surface area contributed by atoms with E-state index < -0.39 is 44.9 Å². The number of hydrogen-bond acceptors (Lipinski definition) is 3. The number of anilines is 1. The number of aryl methyl sites for hydroxylation is 1. The molecule has 32 heavy (non-hydrogen) atoms. The number of nitrogens with zero attached hydrogens (tertiary/aromatic N) is 1. The highest BCUT2D eigenvalue weighted by atomic mass is 35.5. The number of fused-ring (bicyclic) bond motifs is 3. The van der Waals surface area contributed by atoms with Crippen LogP contribution in [0.5, 0.6) is 0 Å². The Morgan fingerprint density at radius 2 is 1.84 bits per heavy atom. The van der Waals surface area contributed by atoms with Gasteiger partial charge in [-0.15, -0.1) is 0 Å². The fraction of sp³-hybridized carbons (Fsp3) is 0.190. The first-order valence-corrected chi connectivity index (χ1v) is 11.4. The van der Waals surface area contributed by atoms with E-state index in [4.69, 9.17) is 11.6 Å². The van der Waals surface area contributed by atoms with Crippen molar-refractivity contribution in [2.45, 2.75) is 23.9 Å². The van der Waals surface area contributed by atoms with E-state index in [1.165, 1.54) is 31.2 Å². The summed E-state index contributed by atoms with van der Waals surface area (Å²) in [6.07, 6.45) is -1.93. The van der Waals surface area contributed by atoms with Crippen LogP contribution in [0.4, 0.5) is 23.2 Å². The van der Waals surface area contributed by atoms with E-state index in [0.717, 1.165) is 23.0 Å². The number of carbonyl (C=O) groups is 1. The molecule has 168 valence electrons. The number of hydrogen-bond donors (Lipinski definition) is 1. The zero-order valence-corrected chi connectivity index (χ0v) is 18.2. The van der Waals surface area contributed by atoms with Crippen LogP contribution in [0.2, 0.25) is 5.02 Å². The van der Waals surface area contributed by atoms with Gasteiger partial charge in [-0.1, -0.05) is 11.6 Å². The van der Waals surface area contributed by atoms with Crippen molar-refractivity contribution in [2.75, 3.05) is 11.6 Å². The molecular formula is C21H15ClF4N2O3S. The van der Waals surface area contributed by atoms with E-state index in [-0.39, 0.29) is 26.9 Å². The van der Waals surface area contributed by atoms with Gasteiger partial charge in [-0.2, -0.15) is 8.78 Å².